The molecule has 0 saturated carbocycles. The third kappa shape index (κ3) is 10.7. The van der Waals surface area contributed by atoms with Gasteiger partial charge in [0.1, 0.15) is 0 Å². The smallest absolute Gasteiger partial charge is 0.155 e. The molecule has 0 aromatic carbocycles. The van der Waals surface area contributed by atoms with Crippen LogP contribution in [0, 0.1) is 0 Å². The Kier molecular flexibility index (Phi) is 9.09. The van der Waals surface area contributed by atoms with E-state index in [4.69, 9.17) is 5.11 Å². The van der Waals surface area contributed by atoms with Gasteiger partial charge in [0, 0.05) is 35.6 Å². The number of carbonyl (C=O) groups excluding carboxylic acids is 1. The summed E-state index contributed by atoms with van der Waals surface area (Å²) in [6, 6.07) is 0. The molecule has 2 nitrogen and oxygen atoms in total. The Morgan fingerprint density at radius 3 is 2.14 bits per heavy atom. The van der Waals surface area contributed by atoms with Crippen LogP contribution in [0.2, 0.25) is 0 Å². The monoisotopic (exact) mass is 109 g/mol. The zero-order chi connectivity index (χ0) is 4.99. The second-order valence-corrected chi connectivity index (χ2v) is 0.926. The fraction of sp³-hybridized carbons (Fsp3) is 0.250. The SMILES string of the molecule is CC(=O)C=CO.[Na]. The van der Waals surface area contributed by atoms with Gasteiger partial charge < -0.3 is 5.11 Å². The molecule has 1 radical (unpaired) electrons. The van der Waals surface area contributed by atoms with Crippen LogP contribution < -0.4 is 0 Å². The van der Waals surface area contributed by atoms with Crippen LogP contribution in [0.4, 0.5) is 0 Å². The van der Waals surface area contributed by atoms with E-state index in [2.05, 4.69) is 0 Å². The molecule has 0 heterocycles. The first-order valence-electron chi connectivity index (χ1n) is 1.58. The average Bonchev–Trinajstić information content (AvgIpc) is 1.35. The maximum absolute atomic E-state index is 9.80. The van der Waals surface area contributed by atoms with Gasteiger partial charge in [0.2, 0.25) is 0 Å². The molecule has 0 saturated heterocycles. The van der Waals surface area contributed by atoms with E-state index in [1.165, 1.54) is 6.92 Å². The van der Waals surface area contributed by atoms with E-state index in [0.717, 1.165) is 12.3 Å². The first kappa shape index (κ1) is 10.2. The summed E-state index contributed by atoms with van der Waals surface area (Å²) >= 11 is 0. The van der Waals surface area contributed by atoms with E-state index < -0.39 is 0 Å². The van der Waals surface area contributed by atoms with Crippen molar-refractivity contribution >= 4 is 35.3 Å². The Morgan fingerprint density at radius 2 is 2.14 bits per heavy atom. The van der Waals surface area contributed by atoms with Crippen LogP contribution in [0.15, 0.2) is 12.3 Å². The third-order valence-electron chi connectivity index (χ3n) is 0.309. The van der Waals surface area contributed by atoms with Crippen LogP contribution in [0.25, 0.3) is 0 Å². The minimum Gasteiger partial charge on any atom is -0.515 e. The van der Waals surface area contributed by atoms with Gasteiger partial charge in [-0.15, -0.1) is 0 Å². The fourth-order valence-corrected chi connectivity index (χ4v) is 0.105. The molecule has 0 unspecified atom stereocenters. The molecule has 7 heavy (non-hydrogen) atoms. The van der Waals surface area contributed by atoms with Crippen molar-refractivity contribution in [3.8, 4) is 0 Å². The Labute approximate surface area is 64.5 Å². The van der Waals surface area contributed by atoms with Crippen LogP contribution in [-0.4, -0.2) is 40.4 Å². The van der Waals surface area contributed by atoms with E-state index in [1.54, 1.807) is 0 Å². The van der Waals surface area contributed by atoms with E-state index in [1.807, 2.05) is 0 Å². The second-order valence-electron chi connectivity index (χ2n) is 0.926. The predicted molar refractivity (Wildman–Crippen MR) is 28.2 cm³/mol. The number of hydrogen-bond acceptors (Lipinski definition) is 2. The zero-order valence-corrected chi connectivity index (χ0v) is 6.51. The largest absolute Gasteiger partial charge is 0.515 e. The number of rotatable bonds is 1. The summed E-state index contributed by atoms with van der Waals surface area (Å²) in [5.74, 6) is -0.141. The average molecular weight is 109 g/mol. The molecule has 0 aromatic rings. The summed E-state index contributed by atoms with van der Waals surface area (Å²) < 4.78 is 0. The molecule has 0 amide bonds. The van der Waals surface area contributed by atoms with Crippen molar-refractivity contribution in [1.82, 2.24) is 0 Å². The van der Waals surface area contributed by atoms with Crippen molar-refractivity contribution < 1.29 is 9.90 Å². The first-order valence-corrected chi connectivity index (χ1v) is 1.58. The number of aliphatic hydroxyl groups excluding tert-OH is 1. The van der Waals surface area contributed by atoms with Gasteiger partial charge in [0.15, 0.2) is 5.78 Å². The van der Waals surface area contributed by atoms with E-state index in [-0.39, 0.29) is 35.3 Å². The summed E-state index contributed by atoms with van der Waals surface area (Å²) in [4.78, 5) is 9.80. The van der Waals surface area contributed by atoms with Crippen molar-refractivity contribution in [2.24, 2.45) is 0 Å². The van der Waals surface area contributed by atoms with Crippen molar-refractivity contribution in [3.63, 3.8) is 0 Å². The van der Waals surface area contributed by atoms with Gasteiger partial charge in [-0.1, -0.05) is 0 Å². The van der Waals surface area contributed by atoms with Gasteiger partial charge >= 0.3 is 0 Å². The summed E-state index contributed by atoms with van der Waals surface area (Å²) in [6.07, 6.45) is 1.81. The third-order valence-corrected chi connectivity index (χ3v) is 0.309. The van der Waals surface area contributed by atoms with Crippen molar-refractivity contribution in [2.45, 2.75) is 6.92 Å². The molecule has 3 heteroatoms. The van der Waals surface area contributed by atoms with Crippen molar-refractivity contribution in [2.75, 3.05) is 0 Å². The fourth-order valence-electron chi connectivity index (χ4n) is 0.105. The quantitative estimate of drug-likeness (QED) is 0.298. The minimum atomic E-state index is -0.141. The van der Waals surface area contributed by atoms with Gasteiger partial charge in [-0.3, -0.25) is 4.79 Å². The van der Waals surface area contributed by atoms with Gasteiger partial charge in [0.25, 0.3) is 0 Å². The van der Waals surface area contributed by atoms with E-state index >= 15 is 0 Å². The minimum absolute atomic E-state index is 0. The molecule has 0 bridgehead atoms. The molecule has 0 fully saturated rings. The molecule has 0 atom stereocenters. The van der Waals surface area contributed by atoms with Crippen molar-refractivity contribution in [3.05, 3.63) is 12.3 Å². The Hall–Kier alpha value is 0.210. The number of carbonyl (C=O) groups is 1. The molecular formula is C4H6NaO2. The van der Waals surface area contributed by atoms with Crippen LogP contribution >= 0.6 is 0 Å². The molecule has 0 aliphatic rings. The number of aliphatic hydroxyl groups is 1. The van der Waals surface area contributed by atoms with Gasteiger partial charge in [-0.2, -0.15) is 0 Å². The Balaban J connectivity index is 0. The normalized spacial score (nSPS) is 8.14. The Morgan fingerprint density at radius 1 is 1.71 bits per heavy atom. The van der Waals surface area contributed by atoms with Crippen LogP contribution in [0.5, 0.6) is 0 Å². The van der Waals surface area contributed by atoms with E-state index in [9.17, 15) is 4.79 Å². The molecule has 1 N–H and O–H groups in total. The van der Waals surface area contributed by atoms with Crippen LogP contribution in [0.3, 0.4) is 0 Å². The van der Waals surface area contributed by atoms with Crippen molar-refractivity contribution in [1.29, 1.82) is 0 Å². The van der Waals surface area contributed by atoms with Gasteiger partial charge in [-0.25, -0.2) is 0 Å². The number of allylic oxidation sites excluding steroid dienone is 1. The van der Waals surface area contributed by atoms with E-state index in [0.29, 0.717) is 0 Å². The topological polar surface area (TPSA) is 37.3 Å². The maximum Gasteiger partial charge on any atom is 0.155 e. The summed E-state index contributed by atoms with van der Waals surface area (Å²) in [5, 5.41) is 7.84. The number of ketones is 1. The first-order chi connectivity index (χ1) is 2.77. The number of hydrogen-bond donors (Lipinski definition) is 1. The van der Waals surface area contributed by atoms with Gasteiger partial charge in [-0.05, 0) is 6.92 Å². The van der Waals surface area contributed by atoms with Crippen LogP contribution in [-0.2, 0) is 4.79 Å². The molecule has 35 valence electrons. The van der Waals surface area contributed by atoms with Crippen LogP contribution in [0.1, 0.15) is 6.92 Å². The Bertz CT molecular complexity index is 77.8. The molecule has 0 aliphatic heterocycles. The summed E-state index contributed by atoms with van der Waals surface area (Å²) in [5.41, 5.74) is 0. The second kappa shape index (κ2) is 6.21. The maximum atomic E-state index is 9.80. The van der Waals surface area contributed by atoms with Gasteiger partial charge in [0.05, 0.1) is 6.26 Å². The standard InChI is InChI=1S/C4H6O2.Na/c1-4(6)2-3-5;/h2-3,5H,1H3;. The predicted octanol–water partition coefficient (Wildman–Crippen LogP) is 0.266. The molecule has 0 rings (SSSR count). The zero-order valence-electron chi connectivity index (χ0n) is 4.51. The molecule has 0 spiro atoms. The molecule has 0 aliphatic carbocycles. The summed E-state index contributed by atoms with van der Waals surface area (Å²) in [6.45, 7) is 1.37. The summed E-state index contributed by atoms with van der Waals surface area (Å²) in [7, 11) is 0. The molecular weight excluding hydrogens is 103 g/mol. The molecule has 0 aromatic heterocycles.